The standard InChI is InChI=1S/C16H22Cl2O2/c1-11-5-4-8-16(10-11,20-2)14(19)9-12-6-3-7-13(17)15(12)18/h3,6-7,11,14,19H,4-5,8-10H2,1-2H3. The van der Waals surface area contributed by atoms with Crippen LogP contribution < -0.4 is 0 Å². The molecule has 0 spiro atoms. The van der Waals surface area contributed by atoms with Crippen molar-refractivity contribution in [3.05, 3.63) is 33.8 Å². The number of aliphatic hydroxyl groups excluding tert-OH is 1. The average molecular weight is 317 g/mol. The molecule has 0 bridgehead atoms. The molecule has 2 nitrogen and oxygen atoms in total. The largest absolute Gasteiger partial charge is 0.390 e. The highest BCUT2D eigenvalue weighted by Crippen LogP contribution is 2.39. The van der Waals surface area contributed by atoms with Crippen LogP contribution in [0.4, 0.5) is 0 Å². The Morgan fingerprint density at radius 1 is 1.45 bits per heavy atom. The molecule has 0 aliphatic heterocycles. The smallest absolute Gasteiger partial charge is 0.0942 e. The summed E-state index contributed by atoms with van der Waals surface area (Å²) in [5.74, 6) is 0.577. The number of hydrogen-bond acceptors (Lipinski definition) is 2. The zero-order valence-electron chi connectivity index (χ0n) is 12.0. The van der Waals surface area contributed by atoms with E-state index < -0.39 is 11.7 Å². The third kappa shape index (κ3) is 3.30. The minimum Gasteiger partial charge on any atom is -0.390 e. The summed E-state index contributed by atoms with van der Waals surface area (Å²) in [6.45, 7) is 2.21. The average Bonchev–Trinajstić information content (AvgIpc) is 2.43. The molecule has 1 aliphatic carbocycles. The van der Waals surface area contributed by atoms with Gasteiger partial charge in [0.2, 0.25) is 0 Å². The fourth-order valence-corrected chi connectivity index (χ4v) is 3.67. The lowest BCUT2D eigenvalue weighted by Gasteiger charge is -2.42. The Hall–Kier alpha value is -0.280. The lowest BCUT2D eigenvalue weighted by Crippen LogP contribution is -2.48. The molecule has 1 aliphatic rings. The number of rotatable bonds is 4. The second kappa shape index (κ2) is 6.65. The van der Waals surface area contributed by atoms with E-state index in [1.54, 1.807) is 13.2 Å². The zero-order chi connectivity index (χ0) is 14.8. The fraction of sp³-hybridized carbons (Fsp3) is 0.625. The molecule has 1 saturated carbocycles. The lowest BCUT2D eigenvalue weighted by atomic mass is 9.74. The quantitative estimate of drug-likeness (QED) is 0.886. The van der Waals surface area contributed by atoms with E-state index in [4.69, 9.17) is 27.9 Å². The van der Waals surface area contributed by atoms with E-state index in [0.717, 1.165) is 24.8 Å². The second-order valence-electron chi connectivity index (χ2n) is 5.90. The Morgan fingerprint density at radius 3 is 2.85 bits per heavy atom. The van der Waals surface area contributed by atoms with Crippen LogP contribution in [0.3, 0.4) is 0 Å². The van der Waals surface area contributed by atoms with E-state index in [9.17, 15) is 5.11 Å². The summed E-state index contributed by atoms with van der Waals surface area (Å²) in [5, 5.41) is 11.7. The van der Waals surface area contributed by atoms with Crippen molar-refractivity contribution in [3.63, 3.8) is 0 Å². The minimum atomic E-state index is -0.564. The first-order valence-electron chi connectivity index (χ1n) is 7.14. The van der Waals surface area contributed by atoms with Crippen molar-refractivity contribution in [2.24, 2.45) is 5.92 Å². The van der Waals surface area contributed by atoms with Gasteiger partial charge in [0.15, 0.2) is 0 Å². The number of aliphatic hydroxyl groups is 1. The van der Waals surface area contributed by atoms with Crippen molar-refractivity contribution in [1.29, 1.82) is 0 Å². The van der Waals surface area contributed by atoms with E-state index in [-0.39, 0.29) is 0 Å². The predicted molar refractivity (Wildman–Crippen MR) is 83.5 cm³/mol. The van der Waals surface area contributed by atoms with Gasteiger partial charge in [0.1, 0.15) is 0 Å². The van der Waals surface area contributed by atoms with Gasteiger partial charge in [-0.25, -0.2) is 0 Å². The van der Waals surface area contributed by atoms with Gasteiger partial charge in [-0.1, -0.05) is 55.1 Å². The first-order valence-corrected chi connectivity index (χ1v) is 7.90. The van der Waals surface area contributed by atoms with Crippen LogP contribution in [0.25, 0.3) is 0 Å². The number of benzene rings is 1. The Morgan fingerprint density at radius 2 is 2.20 bits per heavy atom. The van der Waals surface area contributed by atoms with Crippen molar-refractivity contribution in [1.82, 2.24) is 0 Å². The van der Waals surface area contributed by atoms with Gasteiger partial charge in [-0.05, 0) is 30.4 Å². The molecule has 1 N–H and O–H groups in total. The number of methoxy groups -OCH3 is 1. The molecule has 3 atom stereocenters. The molecule has 0 aromatic heterocycles. The van der Waals surface area contributed by atoms with E-state index >= 15 is 0 Å². The number of hydrogen-bond donors (Lipinski definition) is 1. The van der Waals surface area contributed by atoms with E-state index in [1.165, 1.54) is 6.42 Å². The maximum atomic E-state index is 10.7. The van der Waals surface area contributed by atoms with Crippen molar-refractivity contribution in [3.8, 4) is 0 Å². The molecular formula is C16H22Cl2O2. The van der Waals surface area contributed by atoms with Gasteiger partial charge in [0, 0.05) is 13.5 Å². The zero-order valence-corrected chi connectivity index (χ0v) is 13.5. The van der Waals surface area contributed by atoms with Crippen LogP contribution in [0.5, 0.6) is 0 Å². The highest BCUT2D eigenvalue weighted by molar-refractivity contribution is 6.42. The predicted octanol–water partition coefficient (Wildman–Crippen LogP) is 4.49. The molecule has 3 unspecified atom stereocenters. The molecule has 0 saturated heterocycles. The summed E-state index contributed by atoms with van der Waals surface area (Å²) in [5.41, 5.74) is 0.421. The summed E-state index contributed by atoms with van der Waals surface area (Å²) in [6, 6.07) is 5.53. The molecule has 112 valence electrons. The monoisotopic (exact) mass is 316 g/mol. The highest BCUT2D eigenvalue weighted by atomic mass is 35.5. The second-order valence-corrected chi connectivity index (χ2v) is 6.69. The van der Waals surface area contributed by atoms with Crippen molar-refractivity contribution in [2.75, 3.05) is 7.11 Å². The van der Waals surface area contributed by atoms with Gasteiger partial charge in [-0.2, -0.15) is 0 Å². The van der Waals surface area contributed by atoms with Gasteiger partial charge >= 0.3 is 0 Å². The summed E-state index contributed by atoms with van der Waals surface area (Å²) in [7, 11) is 1.70. The molecule has 1 aromatic rings. The van der Waals surface area contributed by atoms with Gasteiger partial charge in [-0.15, -0.1) is 0 Å². The van der Waals surface area contributed by atoms with Crippen molar-refractivity contribution < 1.29 is 9.84 Å². The molecule has 20 heavy (non-hydrogen) atoms. The van der Waals surface area contributed by atoms with Gasteiger partial charge in [0.25, 0.3) is 0 Å². The molecular weight excluding hydrogens is 295 g/mol. The minimum absolute atomic E-state index is 0.455. The molecule has 0 radical (unpaired) electrons. The van der Waals surface area contributed by atoms with Gasteiger partial charge in [0.05, 0.1) is 21.8 Å². The number of ether oxygens (including phenoxy) is 1. The first-order chi connectivity index (χ1) is 9.48. The molecule has 0 heterocycles. The fourth-order valence-electron chi connectivity index (χ4n) is 3.27. The van der Waals surface area contributed by atoms with Crippen LogP contribution in [-0.2, 0) is 11.2 Å². The van der Waals surface area contributed by atoms with E-state index in [1.807, 2.05) is 12.1 Å². The molecule has 2 rings (SSSR count). The third-order valence-electron chi connectivity index (χ3n) is 4.45. The highest BCUT2D eigenvalue weighted by Gasteiger charge is 2.41. The topological polar surface area (TPSA) is 29.5 Å². The Labute approximate surface area is 131 Å². The maximum Gasteiger partial charge on any atom is 0.0942 e. The van der Waals surface area contributed by atoms with Crippen LogP contribution in [0.15, 0.2) is 18.2 Å². The third-order valence-corrected chi connectivity index (χ3v) is 5.31. The van der Waals surface area contributed by atoms with Crippen molar-refractivity contribution in [2.45, 2.75) is 50.7 Å². The maximum absolute atomic E-state index is 10.7. The SMILES string of the molecule is COC1(C(O)Cc2cccc(Cl)c2Cl)CCCC(C)C1. The van der Waals surface area contributed by atoms with Crippen LogP contribution in [-0.4, -0.2) is 23.9 Å². The van der Waals surface area contributed by atoms with E-state index in [0.29, 0.717) is 22.4 Å². The first kappa shape index (κ1) is 16.1. The molecule has 0 amide bonds. The Bertz CT molecular complexity index is 464. The normalized spacial score (nSPS) is 28.4. The summed E-state index contributed by atoms with van der Waals surface area (Å²) in [6.07, 6.45) is 3.99. The van der Waals surface area contributed by atoms with Crippen molar-refractivity contribution >= 4 is 23.2 Å². The summed E-state index contributed by atoms with van der Waals surface area (Å²) >= 11 is 12.2. The molecule has 4 heteroatoms. The van der Waals surface area contributed by atoms with Crippen LogP contribution in [0.2, 0.25) is 10.0 Å². The van der Waals surface area contributed by atoms with E-state index in [2.05, 4.69) is 6.92 Å². The summed E-state index contributed by atoms with van der Waals surface area (Å²) < 4.78 is 5.73. The Balaban J connectivity index is 2.17. The Kier molecular flexibility index (Phi) is 5.36. The van der Waals surface area contributed by atoms with Crippen LogP contribution in [0, 0.1) is 5.92 Å². The molecule has 1 fully saturated rings. The number of halogens is 2. The summed E-state index contributed by atoms with van der Waals surface area (Å²) in [4.78, 5) is 0. The van der Waals surface area contributed by atoms with Crippen LogP contribution >= 0.6 is 23.2 Å². The van der Waals surface area contributed by atoms with Gasteiger partial charge in [-0.3, -0.25) is 0 Å². The van der Waals surface area contributed by atoms with Gasteiger partial charge < -0.3 is 9.84 Å². The lowest BCUT2D eigenvalue weighted by molar-refractivity contribution is -0.131. The molecule has 1 aromatic carbocycles. The van der Waals surface area contributed by atoms with Crippen LogP contribution in [0.1, 0.15) is 38.2 Å².